The summed E-state index contributed by atoms with van der Waals surface area (Å²) in [7, 11) is 0. The summed E-state index contributed by atoms with van der Waals surface area (Å²) in [6.45, 7) is 2.30. The van der Waals surface area contributed by atoms with Crippen LogP contribution in [0.3, 0.4) is 0 Å². The monoisotopic (exact) mass is 289 g/mol. The molecule has 1 N–H and O–H groups in total. The van der Waals surface area contributed by atoms with E-state index in [9.17, 15) is 17.6 Å². The second-order valence-corrected chi connectivity index (χ2v) is 5.56. The molecule has 0 aromatic heterocycles. The number of halogens is 4. The lowest BCUT2D eigenvalue weighted by Crippen LogP contribution is -2.31. The maximum absolute atomic E-state index is 13.3. The van der Waals surface area contributed by atoms with Crippen LogP contribution in [0.15, 0.2) is 18.2 Å². The Kier molecular flexibility index (Phi) is 4.68. The first kappa shape index (κ1) is 15.3. The molecule has 0 heterocycles. The topological polar surface area (TPSA) is 12.0 Å². The standard InChI is InChI=1S/C15H19F4N/c1-10(12-4-2-3-5-12)20-9-11-6-13(15(17,18)19)8-14(16)7-11/h6-8,10,12,20H,2-5,9H2,1H3/t10-/m0/s1. The van der Waals surface area contributed by atoms with Crippen LogP contribution in [-0.2, 0) is 12.7 Å². The first-order valence-corrected chi connectivity index (χ1v) is 6.96. The third-order valence-corrected chi connectivity index (χ3v) is 4.02. The van der Waals surface area contributed by atoms with Crippen LogP contribution in [0, 0.1) is 11.7 Å². The van der Waals surface area contributed by atoms with E-state index in [4.69, 9.17) is 0 Å². The fraction of sp³-hybridized carbons (Fsp3) is 0.600. The van der Waals surface area contributed by atoms with E-state index in [-0.39, 0.29) is 12.6 Å². The minimum atomic E-state index is -4.51. The lowest BCUT2D eigenvalue weighted by Gasteiger charge is -2.20. The average Bonchev–Trinajstić information content (AvgIpc) is 2.88. The van der Waals surface area contributed by atoms with Crippen molar-refractivity contribution in [3.63, 3.8) is 0 Å². The molecule has 0 amide bonds. The van der Waals surface area contributed by atoms with Gasteiger partial charge in [0.25, 0.3) is 0 Å². The van der Waals surface area contributed by atoms with Gasteiger partial charge in [-0.1, -0.05) is 12.8 Å². The summed E-state index contributed by atoms with van der Waals surface area (Å²) in [5.74, 6) is -0.268. The molecule has 1 atom stereocenters. The number of hydrogen-bond donors (Lipinski definition) is 1. The highest BCUT2D eigenvalue weighted by Gasteiger charge is 2.31. The molecular weight excluding hydrogens is 270 g/mol. The Morgan fingerprint density at radius 3 is 2.45 bits per heavy atom. The number of rotatable bonds is 4. The summed E-state index contributed by atoms with van der Waals surface area (Å²) in [6.07, 6.45) is 0.244. The SMILES string of the molecule is C[C@H](NCc1cc(F)cc(C(F)(F)F)c1)C1CCCC1. The molecule has 1 fully saturated rings. The Hall–Kier alpha value is -1.10. The van der Waals surface area contributed by atoms with Crippen molar-refractivity contribution >= 4 is 0 Å². The fourth-order valence-corrected chi connectivity index (χ4v) is 2.82. The number of hydrogen-bond acceptors (Lipinski definition) is 1. The second kappa shape index (κ2) is 6.12. The predicted molar refractivity (Wildman–Crippen MR) is 69.7 cm³/mol. The van der Waals surface area contributed by atoms with Crippen LogP contribution >= 0.6 is 0 Å². The van der Waals surface area contributed by atoms with Crippen LogP contribution in [0.1, 0.15) is 43.7 Å². The summed E-state index contributed by atoms with van der Waals surface area (Å²) in [4.78, 5) is 0. The van der Waals surface area contributed by atoms with E-state index in [1.165, 1.54) is 12.8 Å². The van der Waals surface area contributed by atoms with Gasteiger partial charge < -0.3 is 5.32 Å². The molecule has 1 saturated carbocycles. The van der Waals surface area contributed by atoms with Crippen LogP contribution in [0.4, 0.5) is 17.6 Å². The quantitative estimate of drug-likeness (QED) is 0.804. The van der Waals surface area contributed by atoms with Crippen molar-refractivity contribution in [1.29, 1.82) is 0 Å². The van der Waals surface area contributed by atoms with Crippen LogP contribution in [-0.4, -0.2) is 6.04 Å². The minimum absolute atomic E-state index is 0.245. The number of benzene rings is 1. The Balaban J connectivity index is 2.00. The Labute approximate surface area is 116 Å². The average molecular weight is 289 g/mol. The fourth-order valence-electron chi connectivity index (χ4n) is 2.82. The third kappa shape index (κ3) is 3.95. The van der Waals surface area contributed by atoms with E-state index >= 15 is 0 Å². The van der Waals surface area contributed by atoms with E-state index in [0.29, 0.717) is 17.5 Å². The molecule has 0 bridgehead atoms. The van der Waals surface area contributed by atoms with Crippen LogP contribution < -0.4 is 5.32 Å². The minimum Gasteiger partial charge on any atom is -0.310 e. The number of nitrogens with one attached hydrogen (secondary N) is 1. The van der Waals surface area contributed by atoms with Gasteiger partial charge >= 0.3 is 6.18 Å². The molecule has 0 spiro atoms. The molecule has 0 aliphatic heterocycles. The van der Waals surface area contributed by atoms with Gasteiger partial charge in [-0.05, 0) is 49.4 Å². The lowest BCUT2D eigenvalue weighted by molar-refractivity contribution is -0.137. The second-order valence-electron chi connectivity index (χ2n) is 5.56. The maximum Gasteiger partial charge on any atom is 0.416 e. The molecule has 0 saturated heterocycles. The molecule has 112 valence electrons. The zero-order valence-corrected chi connectivity index (χ0v) is 11.4. The van der Waals surface area contributed by atoms with E-state index in [0.717, 1.165) is 25.0 Å². The van der Waals surface area contributed by atoms with E-state index in [1.807, 2.05) is 6.92 Å². The van der Waals surface area contributed by atoms with Crippen LogP contribution in [0.2, 0.25) is 0 Å². The van der Waals surface area contributed by atoms with Crippen LogP contribution in [0.25, 0.3) is 0 Å². The normalized spacial score (nSPS) is 18.4. The molecule has 2 rings (SSSR count). The summed E-state index contributed by atoms with van der Waals surface area (Å²) >= 11 is 0. The molecule has 0 radical (unpaired) electrons. The maximum atomic E-state index is 13.3. The van der Waals surface area contributed by atoms with Crippen molar-refractivity contribution in [2.45, 2.75) is 51.4 Å². The molecular formula is C15H19F4N. The van der Waals surface area contributed by atoms with Crippen molar-refractivity contribution in [3.05, 3.63) is 35.1 Å². The number of alkyl halides is 3. The molecule has 0 unspecified atom stereocenters. The third-order valence-electron chi connectivity index (χ3n) is 4.02. The van der Waals surface area contributed by atoms with E-state index < -0.39 is 17.6 Å². The zero-order valence-electron chi connectivity index (χ0n) is 11.4. The summed E-state index contributed by atoms with van der Waals surface area (Å²) in [5, 5.41) is 3.21. The highest BCUT2D eigenvalue weighted by molar-refractivity contribution is 5.26. The van der Waals surface area contributed by atoms with Gasteiger partial charge in [0.1, 0.15) is 5.82 Å². The van der Waals surface area contributed by atoms with Gasteiger partial charge in [-0.15, -0.1) is 0 Å². The Morgan fingerprint density at radius 1 is 1.20 bits per heavy atom. The van der Waals surface area contributed by atoms with Gasteiger partial charge in [0.2, 0.25) is 0 Å². The van der Waals surface area contributed by atoms with E-state index in [2.05, 4.69) is 5.32 Å². The highest BCUT2D eigenvalue weighted by Crippen LogP contribution is 2.31. The Bertz CT molecular complexity index is 450. The van der Waals surface area contributed by atoms with Gasteiger partial charge in [0.05, 0.1) is 5.56 Å². The molecule has 5 heteroatoms. The molecule has 1 aromatic carbocycles. The predicted octanol–water partition coefficient (Wildman–Crippen LogP) is 4.51. The smallest absolute Gasteiger partial charge is 0.310 e. The van der Waals surface area contributed by atoms with Gasteiger partial charge in [-0.3, -0.25) is 0 Å². The largest absolute Gasteiger partial charge is 0.416 e. The summed E-state index contributed by atoms with van der Waals surface area (Å²) < 4.78 is 51.1. The zero-order chi connectivity index (χ0) is 14.8. The summed E-state index contributed by atoms with van der Waals surface area (Å²) in [5.41, 5.74) is -0.593. The van der Waals surface area contributed by atoms with Gasteiger partial charge in [-0.25, -0.2) is 4.39 Å². The van der Waals surface area contributed by atoms with Gasteiger partial charge in [0, 0.05) is 12.6 Å². The molecule has 1 nitrogen and oxygen atoms in total. The molecule has 1 aromatic rings. The molecule has 1 aliphatic rings. The first-order valence-electron chi connectivity index (χ1n) is 6.96. The lowest BCUT2D eigenvalue weighted by atomic mass is 9.99. The van der Waals surface area contributed by atoms with Crippen molar-refractivity contribution in [2.24, 2.45) is 5.92 Å². The van der Waals surface area contributed by atoms with Crippen molar-refractivity contribution in [1.82, 2.24) is 5.32 Å². The molecule has 1 aliphatic carbocycles. The first-order chi connectivity index (χ1) is 9.36. The van der Waals surface area contributed by atoms with Crippen molar-refractivity contribution in [2.75, 3.05) is 0 Å². The summed E-state index contributed by atoms with van der Waals surface area (Å²) in [6, 6.07) is 2.94. The van der Waals surface area contributed by atoms with E-state index in [1.54, 1.807) is 0 Å². The van der Waals surface area contributed by atoms with Gasteiger partial charge in [-0.2, -0.15) is 13.2 Å². The molecule has 20 heavy (non-hydrogen) atoms. The van der Waals surface area contributed by atoms with Gasteiger partial charge in [0.15, 0.2) is 0 Å². The van der Waals surface area contributed by atoms with Crippen molar-refractivity contribution in [3.8, 4) is 0 Å². The highest BCUT2D eigenvalue weighted by atomic mass is 19.4. The Morgan fingerprint density at radius 2 is 1.85 bits per heavy atom. The van der Waals surface area contributed by atoms with Crippen molar-refractivity contribution < 1.29 is 17.6 Å². The van der Waals surface area contributed by atoms with Crippen LogP contribution in [0.5, 0.6) is 0 Å².